The lowest BCUT2D eigenvalue weighted by Crippen LogP contribution is -2.14. The molecule has 2 aliphatic carbocycles. The predicted molar refractivity (Wildman–Crippen MR) is 131 cm³/mol. The molecule has 0 heterocycles. The molecule has 0 amide bonds. The van der Waals surface area contributed by atoms with E-state index >= 15 is 4.39 Å². The number of benzene rings is 2. The van der Waals surface area contributed by atoms with E-state index in [1.807, 2.05) is 6.07 Å². The Morgan fingerprint density at radius 1 is 0.719 bits per heavy atom. The SMILES string of the molecule is CCCCC[C@H]1CC[C@H](c2ccc(-c3ccc([C@H]4CC[C@H](CF)CC4)cc3)c(F)c2)CC1. The van der Waals surface area contributed by atoms with Crippen LogP contribution >= 0.6 is 0 Å². The minimum atomic E-state index is -0.179. The first-order chi connectivity index (χ1) is 15.7. The van der Waals surface area contributed by atoms with Gasteiger partial charge in [0.25, 0.3) is 0 Å². The Kier molecular flexibility index (Phi) is 8.38. The summed E-state index contributed by atoms with van der Waals surface area (Å²) in [5, 5.41) is 0. The molecule has 0 aliphatic heterocycles. The van der Waals surface area contributed by atoms with Crippen molar-refractivity contribution in [3.8, 4) is 11.1 Å². The maximum absolute atomic E-state index is 15.1. The highest BCUT2D eigenvalue weighted by Gasteiger charge is 2.24. The van der Waals surface area contributed by atoms with Crippen molar-refractivity contribution in [1.82, 2.24) is 0 Å². The predicted octanol–water partition coefficient (Wildman–Crippen LogP) is 9.59. The number of rotatable bonds is 8. The highest BCUT2D eigenvalue weighted by atomic mass is 19.1. The first-order valence-electron chi connectivity index (χ1n) is 13.1. The van der Waals surface area contributed by atoms with Crippen molar-refractivity contribution in [3.05, 3.63) is 59.4 Å². The number of alkyl halides is 1. The second-order valence-electron chi connectivity index (χ2n) is 10.4. The van der Waals surface area contributed by atoms with Gasteiger partial charge in [-0.05, 0) is 97.8 Å². The van der Waals surface area contributed by atoms with Crippen LogP contribution in [0.2, 0.25) is 0 Å². The number of hydrogen-bond acceptors (Lipinski definition) is 0. The van der Waals surface area contributed by atoms with E-state index < -0.39 is 0 Å². The van der Waals surface area contributed by atoms with Crippen LogP contribution in [-0.4, -0.2) is 6.67 Å². The fourth-order valence-corrected chi connectivity index (χ4v) is 6.07. The number of unbranched alkanes of at least 4 members (excludes halogenated alkanes) is 2. The van der Waals surface area contributed by atoms with Gasteiger partial charge in [-0.2, -0.15) is 0 Å². The molecule has 4 rings (SSSR count). The molecule has 2 aromatic rings. The van der Waals surface area contributed by atoms with Crippen LogP contribution in [0.4, 0.5) is 8.78 Å². The molecule has 0 unspecified atom stereocenters. The van der Waals surface area contributed by atoms with E-state index in [0.29, 0.717) is 17.4 Å². The van der Waals surface area contributed by atoms with Gasteiger partial charge in [0.1, 0.15) is 5.82 Å². The Bertz CT molecular complexity index is 824. The van der Waals surface area contributed by atoms with Crippen LogP contribution in [0.1, 0.15) is 107 Å². The zero-order valence-electron chi connectivity index (χ0n) is 19.8. The van der Waals surface area contributed by atoms with Crippen molar-refractivity contribution >= 4 is 0 Å². The molecule has 0 radical (unpaired) electrons. The minimum Gasteiger partial charge on any atom is -0.251 e. The summed E-state index contributed by atoms with van der Waals surface area (Å²) >= 11 is 0. The Morgan fingerprint density at radius 3 is 1.91 bits per heavy atom. The standard InChI is InChI=1S/C30H40F2/c1-2-3-4-5-22-6-10-26(11-7-22)28-18-19-29(30(32)20-28)27-16-14-25(15-17-27)24-12-8-23(21-31)9-13-24/h14-20,22-24,26H,2-13,21H2,1H3/t22-,23-,24-,26-. The molecule has 2 aliphatic rings. The van der Waals surface area contributed by atoms with Gasteiger partial charge < -0.3 is 0 Å². The van der Waals surface area contributed by atoms with Crippen LogP contribution in [-0.2, 0) is 0 Å². The molecule has 2 saturated carbocycles. The molecule has 0 aromatic heterocycles. The van der Waals surface area contributed by atoms with E-state index in [2.05, 4.69) is 37.3 Å². The van der Waals surface area contributed by atoms with Gasteiger partial charge in [0, 0.05) is 5.56 Å². The maximum Gasteiger partial charge on any atom is 0.131 e. The molecule has 0 bridgehead atoms. The van der Waals surface area contributed by atoms with Crippen molar-refractivity contribution in [2.75, 3.05) is 6.67 Å². The molecule has 0 spiro atoms. The summed E-state index contributed by atoms with van der Waals surface area (Å²) in [6.45, 7) is 2.09. The van der Waals surface area contributed by atoms with E-state index in [9.17, 15) is 4.39 Å². The summed E-state index contributed by atoms with van der Waals surface area (Å²) < 4.78 is 27.9. The molecule has 2 heteroatoms. The zero-order valence-corrected chi connectivity index (χ0v) is 19.8. The van der Waals surface area contributed by atoms with Gasteiger partial charge in [0.15, 0.2) is 0 Å². The van der Waals surface area contributed by atoms with Gasteiger partial charge in [0.2, 0.25) is 0 Å². The molecule has 0 N–H and O–H groups in total. The maximum atomic E-state index is 15.1. The summed E-state index contributed by atoms with van der Waals surface area (Å²) in [7, 11) is 0. The highest BCUT2D eigenvalue weighted by molar-refractivity contribution is 5.65. The van der Waals surface area contributed by atoms with Crippen molar-refractivity contribution in [2.24, 2.45) is 11.8 Å². The average molecular weight is 439 g/mol. The Labute approximate surface area is 193 Å². The largest absolute Gasteiger partial charge is 0.251 e. The average Bonchev–Trinajstić information content (AvgIpc) is 2.85. The third-order valence-corrected chi connectivity index (χ3v) is 8.29. The summed E-state index contributed by atoms with van der Waals surface area (Å²) in [5.41, 5.74) is 4.16. The van der Waals surface area contributed by atoms with E-state index in [0.717, 1.165) is 37.2 Å². The van der Waals surface area contributed by atoms with E-state index in [1.54, 1.807) is 6.07 Å². The molecular formula is C30H40F2. The molecule has 2 aromatic carbocycles. The van der Waals surface area contributed by atoms with E-state index in [1.165, 1.54) is 62.5 Å². The topological polar surface area (TPSA) is 0 Å². The second kappa shape index (κ2) is 11.4. The van der Waals surface area contributed by atoms with Gasteiger partial charge >= 0.3 is 0 Å². The molecule has 0 atom stereocenters. The minimum absolute atomic E-state index is 0.0937. The summed E-state index contributed by atoms with van der Waals surface area (Å²) in [6, 6.07) is 14.4. The van der Waals surface area contributed by atoms with Crippen LogP contribution in [0.25, 0.3) is 11.1 Å². The fourth-order valence-electron chi connectivity index (χ4n) is 6.07. The van der Waals surface area contributed by atoms with Gasteiger partial charge in [-0.15, -0.1) is 0 Å². The monoisotopic (exact) mass is 438 g/mol. The van der Waals surface area contributed by atoms with Crippen molar-refractivity contribution in [2.45, 2.75) is 95.8 Å². The van der Waals surface area contributed by atoms with Crippen LogP contribution in [0, 0.1) is 17.7 Å². The normalized spacial score (nSPS) is 26.2. The molecule has 174 valence electrons. The summed E-state index contributed by atoms with van der Waals surface area (Å²) in [4.78, 5) is 0. The molecule has 32 heavy (non-hydrogen) atoms. The summed E-state index contributed by atoms with van der Waals surface area (Å²) in [5.74, 6) is 2.09. The number of halogens is 2. The third kappa shape index (κ3) is 5.80. The van der Waals surface area contributed by atoms with Gasteiger partial charge in [-0.3, -0.25) is 4.39 Å². The van der Waals surface area contributed by atoms with Crippen molar-refractivity contribution in [3.63, 3.8) is 0 Å². The van der Waals surface area contributed by atoms with Crippen molar-refractivity contribution in [1.29, 1.82) is 0 Å². The van der Waals surface area contributed by atoms with Crippen LogP contribution in [0.5, 0.6) is 0 Å². The van der Waals surface area contributed by atoms with Gasteiger partial charge in [0.05, 0.1) is 6.67 Å². The lowest BCUT2D eigenvalue weighted by atomic mass is 9.77. The molecule has 0 saturated heterocycles. The Hall–Kier alpha value is -1.70. The lowest BCUT2D eigenvalue weighted by molar-refractivity contribution is 0.263. The van der Waals surface area contributed by atoms with Crippen LogP contribution < -0.4 is 0 Å². The van der Waals surface area contributed by atoms with Crippen LogP contribution in [0.3, 0.4) is 0 Å². The molecule has 2 fully saturated rings. The number of hydrogen-bond donors (Lipinski definition) is 0. The summed E-state index contributed by atoms with van der Waals surface area (Å²) in [6.07, 6.45) is 14.5. The lowest BCUT2D eigenvalue weighted by Gasteiger charge is -2.29. The molecular weight excluding hydrogens is 398 g/mol. The van der Waals surface area contributed by atoms with E-state index in [-0.39, 0.29) is 18.4 Å². The third-order valence-electron chi connectivity index (χ3n) is 8.29. The smallest absolute Gasteiger partial charge is 0.131 e. The first kappa shape index (κ1) is 23.5. The van der Waals surface area contributed by atoms with Gasteiger partial charge in [-0.1, -0.05) is 69.0 Å². The van der Waals surface area contributed by atoms with Crippen molar-refractivity contribution < 1.29 is 8.78 Å². The second-order valence-corrected chi connectivity index (χ2v) is 10.4. The Morgan fingerprint density at radius 2 is 1.31 bits per heavy atom. The fraction of sp³-hybridized carbons (Fsp3) is 0.600. The van der Waals surface area contributed by atoms with Crippen LogP contribution in [0.15, 0.2) is 42.5 Å². The highest BCUT2D eigenvalue weighted by Crippen LogP contribution is 2.40. The van der Waals surface area contributed by atoms with Gasteiger partial charge in [-0.25, -0.2) is 4.39 Å². The first-order valence-corrected chi connectivity index (χ1v) is 13.1. The quantitative estimate of drug-likeness (QED) is 0.360. The molecule has 0 nitrogen and oxygen atoms in total. The Balaban J connectivity index is 1.35. The van der Waals surface area contributed by atoms with E-state index in [4.69, 9.17) is 0 Å². The zero-order chi connectivity index (χ0) is 22.3.